The van der Waals surface area contributed by atoms with Crippen LogP contribution in [0.25, 0.3) is 0 Å². The molecule has 2 heteroatoms. The van der Waals surface area contributed by atoms with Crippen LogP contribution >= 0.6 is 0 Å². The van der Waals surface area contributed by atoms with Crippen LogP contribution in [0.15, 0.2) is 24.8 Å². The predicted molar refractivity (Wildman–Crippen MR) is 75.6 cm³/mol. The third kappa shape index (κ3) is 2.81. The largest absolute Gasteiger partial charge is 0.496 e. The monoisotopic (exact) mass is 246 g/mol. The molecule has 0 N–H and O–H groups in total. The summed E-state index contributed by atoms with van der Waals surface area (Å²) in [6, 6.07) is 4.05. The molecule has 0 aliphatic heterocycles. The topological polar surface area (TPSA) is 26.3 Å². The fraction of sp³-hybridized carbons (Fsp3) is 0.438. The molecular formula is C16H22O2. The molecule has 0 unspecified atom stereocenters. The molecule has 1 aromatic rings. The normalized spacial score (nSPS) is 11.1. The van der Waals surface area contributed by atoms with Crippen LogP contribution in [0.2, 0.25) is 0 Å². The lowest BCUT2D eigenvalue weighted by molar-refractivity contribution is 0.112. The van der Waals surface area contributed by atoms with Crippen LogP contribution in [-0.2, 0) is 11.8 Å². The highest BCUT2D eigenvalue weighted by Gasteiger charge is 2.21. The van der Waals surface area contributed by atoms with E-state index < -0.39 is 0 Å². The van der Waals surface area contributed by atoms with Crippen LogP contribution in [0.3, 0.4) is 0 Å². The molecular weight excluding hydrogens is 224 g/mol. The van der Waals surface area contributed by atoms with Gasteiger partial charge in [-0.15, -0.1) is 6.58 Å². The molecule has 0 aliphatic rings. The number of ether oxygens (including phenoxy) is 1. The van der Waals surface area contributed by atoms with E-state index in [4.69, 9.17) is 4.74 Å². The summed E-state index contributed by atoms with van der Waals surface area (Å²) in [5.74, 6) is 0.667. The Hall–Kier alpha value is -1.57. The molecule has 0 aliphatic carbocycles. The lowest BCUT2D eigenvalue weighted by atomic mass is 9.80. The van der Waals surface area contributed by atoms with E-state index in [-0.39, 0.29) is 5.41 Å². The minimum Gasteiger partial charge on any atom is -0.496 e. The van der Waals surface area contributed by atoms with Gasteiger partial charge in [0.2, 0.25) is 0 Å². The first kappa shape index (κ1) is 14.5. The molecule has 0 atom stereocenters. The van der Waals surface area contributed by atoms with Gasteiger partial charge in [0, 0.05) is 0 Å². The molecule has 0 radical (unpaired) electrons. The summed E-state index contributed by atoms with van der Waals surface area (Å²) in [6.07, 6.45) is 4.42. The van der Waals surface area contributed by atoms with Gasteiger partial charge in [-0.2, -0.15) is 0 Å². The van der Waals surface area contributed by atoms with E-state index in [0.717, 1.165) is 18.3 Å². The van der Waals surface area contributed by atoms with E-state index in [0.29, 0.717) is 17.7 Å². The zero-order valence-electron chi connectivity index (χ0n) is 11.7. The SMILES string of the molecule is C=CCc1cc(C(C)(C)CC)cc(C=O)c1OC. The quantitative estimate of drug-likeness (QED) is 0.561. The molecule has 1 aromatic carbocycles. The minimum atomic E-state index is 0.0555. The number of allylic oxidation sites excluding steroid dienone is 1. The third-order valence-electron chi connectivity index (χ3n) is 3.56. The molecule has 18 heavy (non-hydrogen) atoms. The zero-order valence-corrected chi connectivity index (χ0v) is 11.7. The fourth-order valence-electron chi connectivity index (χ4n) is 1.95. The number of aldehydes is 1. The number of hydrogen-bond acceptors (Lipinski definition) is 2. The van der Waals surface area contributed by atoms with Crippen LogP contribution < -0.4 is 4.74 Å². The predicted octanol–water partition coefficient (Wildman–Crippen LogP) is 3.92. The van der Waals surface area contributed by atoms with E-state index in [2.05, 4.69) is 33.4 Å². The highest BCUT2D eigenvalue weighted by molar-refractivity contribution is 5.81. The maximum Gasteiger partial charge on any atom is 0.153 e. The van der Waals surface area contributed by atoms with Gasteiger partial charge in [-0.05, 0) is 35.4 Å². The average molecular weight is 246 g/mol. The van der Waals surface area contributed by atoms with Crippen molar-refractivity contribution in [2.24, 2.45) is 0 Å². The van der Waals surface area contributed by atoms with Gasteiger partial charge in [0.1, 0.15) is 5.75 Å². The Morgan fingerprint density at radius 2 is 2.06 bits per heavy atom. The third-order valence-corrected chi connectivity index (χ3v) is 3.56. The maximum absolute atomic E-state index is 11.2. The summed E-state index contributed by atoms with van der Waals surface area (Å²) < 4.78 is 5.34. The molecule has 98 valence electrons. The van der Waals surface area contributed by atoms with Crippen molar-refractivity contribution in [3.63, 3.8) is 0 Å². The maximum atomic E-state index is 11.2. The number of carbonyl (C=O) groups is 1. The fourth-order valence-corrected chi connectivity index (χ4v) is 1.95. The van der Waals surface area contributed by atoms with Crippen LogP contribution in [0.5, 0.6) is 5.75 Å². The van der Waals surface area contributed by atoms with Crippen molar-refractivity contribution in [3.8, 4) is 5.75 Å². The van der Waals surface area contributed by atoms with Gasteiger partial charge < -0.3 is 4.74 Å². The molecule has 0 fully saturated rings. The molecule has 2 nitrogen and oxygen atoms in total. The Balaban J connectivity index is 3.44. The first-order valence-electron chi connectivity index (χ1n) is 6.27. The summed E-state index contributed by atoms with van der Waals surface area (Å²) >= 11 is 0. The van der Waals surface area contributed by atoms with E-state index >= 15 is 0 Å². The van der Waals surface area contributed by atoms with Crippen molar-refractivity contribution < 1.29 is 9.53 Å². The summed E-state index contributed by atoms with van der Waals surface area (Å²) in [5.41, 5.74) is 2.87. The molecule has 0 bridgehead atoms. The Bertz CT molecular complexity index is 445. The van der Waals surface area contributed by atoms with Gasteiger partial charge in [0.25, 0.3) is 0 Å². The molecule has 1 rings (SSSR count). The van der Waals surface area contributed by atoms with Crippen molar-refractivity contribution in [2.75, 3.05) is 7.11 Å². The first-order chi connectivity index (χ1) is 8.50. The van der Waals surface area contributed by atoms with Crippen molar-refractivity contribution >= 4 is 6.29 Å². The number of rotatable bonds is 6. The standard InChI is InChI=1S/C16H22O2/c1-6-8-12-9-14(16(3,4)7-2)10-13(11-17)15(12)18-5/h6,9-11H,1,7-8H2,2-5H3. The van der Waals surface area contributed by atoms with Gasteiger partial charge in [0.15, 0.2) is 6.29 Å². The van der Waals surface area contributed by atoms with Crippen LogP contribution in [0.4, 0.5) is 0 Å². The second-order valence-corrected chi connectivity index (χ2v) is 5.11. The highest BCUT2D eigenvalue weighted by Crippen LogP contribution is 2.33. The Labute approximate surface area is 110 Å². The second-order valence-electron chi connectivity index (χ2n) is 5.11. The number of carbonyl (C=O) groups excluding carboxylic acids is 1. The molecule has 0 aromatic heterocycles. The van der Waals surface area contributed by atoms with Crippen molar-refractivity contribution in [3.05, 3.63) is 41.5 Å². The van der Waals surface area contributed by atoms with Gasteiger partial charge >= 0.3 is 0 Å². The molecule has 0 saturated heterocycles. The lowest BCUT2D eigenvalue weighted by Gasteiger charge is -2.25. The van der Waals surface area contributed by atoms with Crippen molar-refractivity contribution in [1.82, 2.24) is 0 Å². The van der Waals surface area contributed by atoms with Gasteiger partial charge in [-0.3, -0.25) is 4.79 Å². The Kier molecular flexibility index (Phi) is 4.71. The van der Waals surface area contributed by atoms with Gasteiger partial charge in [-0.1, -0.05) is 32.9 Å². The van der Waals surface area contributed by atoms with Crippen molar-refractivity contribution in [1.29, 1.82) is 0 Å². The minimum absolute atomic E-state index is 0.0555. The van der Waals surface area contributed by atoms with Gasteiger partial charge in [0.05, 0.1) is 12.7 Å². The number of hydrogen-bond donors (Lipinski definition) is 0. The van der Waals surface area contributed by atoms with E-state index in [1.54, 1.807) is 7.11 Å². The number of benzene rings is 1. The van der Waals surface area contributed by atoms with Crippen LogP contribution in [0.1, 0.15) is 48.7 Å². The summed E-state index contributed by atoms with van der Waals surface area (Å²) in [4.78, 5) is 11.2. The smallest absolute Gasteiger partial charge is 0.153 e. The highest BCUT2D eigenvalue weighted by atomic mass is 16.5. The van der Waals surface area contributed by atoms with E-state index in [9.17, 15) is 4.79 Å². The van der Waals surface area contributed by atoms with Crippen LogP contribution in [-0.4, -0.2) is 13.4 Å². The van der Waals surface area contributed by atoms with E-state index in [1.165, 1.54) is 5.56 Å². The Morgan fingerprint density at radius 1 is 1.39 bits per heavy atom. The van der Waals surface area contributed by atoms with Gasteiger partial charge in [-0.25, -0.2) is 0 Å². The summed E-state index contributed by atoms with van der Waals surface area (Å²) in [5, 5.41) is 0. The molecule has 0 saturated carbocycles. The van der Waals surface area contributed by atoms with Crippen LogP contribution in [0, 0.1) is 0 Å². The molecule has 0 amide bonds. The first-order valence-corrected chi connectivity index (χ1v) is 6.27. The van der Waals surface area contributed by atoms with E-state index in [1.807, 2.05) is 12.1 Å². The summed E-state index contributed by atoms with van der Waals surface area (Å²) in [6.45, 7) is 10.3. The molecule has 0 heterocycles. The average Bonchev–Trinajstić information content (AvgIpc) is 2.38. The Morgan fingerprint density at radius 3 is 2.50 bits per heavy atom. The summed E-state index contributed by atoms with van der Waals surface area (Å²) in [7, 11) is 1.60. The zero-order chi connectivity index (χ0) is 13.8. The lowest BCUT2D eigenvalue weighted by Crippen LogP contribution is -2.16. The second kappa shape index (κ2) is 5.85. The number of methoxy groups -OCH3 is 1. The molecule has 0 spiro atoms. The van der Waals surface area contributed by atoms with Crippen molar-refractivity contribution in [2.45, 2.75) is 39.0 Å².